The fourth-order valence-corrected chi connectivity index (χ4v) is 15.2. The van der Waals surface area contributed by atoms with Crippen LogP contribution in [0, 0.1) is 29.6 Å². The van der Waals surface area contributed by atoms with Crippen LogP contribution in [-0.4, -0.2) is 135 Å². The Labute approximate surface area is 609 Å². The van der Waals surface area contributed by atoms with Crippen molar-refractivity contribution in [3.63, 3.8) is 0 Å². The maximum atomic E-state index is 14.3. The molecule has 6 amide bonds. The number of aromatic nitrogens is 1. The van der Waals surface area contributed by atoms with E-state index in [1.54, 1.807) is 20.8 Å². The highest BCUT2D eigenvalue weighted by molar-refractivity contribution is 8.00. The van der Waals surface area contributed by atoms with Gasteiger partial charge >= 0.3 is 12.1 Å². The zero-order valence-corrected chi connectivity index (χ0v) is 61.3. The standard InChI is InChI=1S/C46H64N4O7S.C36H39N3O6/c1-29(2)22-36(39(52)26-34(24-32-16-10-7-11-17-32)44(55)48-37(23-30(3)4)42(53)46(5)28-57-46)47-43(54)33(21-20-31-14-8-6-9-15-31)25-35(51)18-12-13-19-40-41-38(27-58-40)49-45(56)50-41;1-3-29(39-35(43)44-22-25-14-8-5-9-15-25)32(40)20-26(19-27-21-37-30-17-11-10-16-28(27)30)34(42)38-31(33(41)36(2)23-45-36)18-24-12-6-4-7-13-24/h6-11,14-17,29-30,33-34,36-38,40-41H,12-13,18-28H2,1-5H3,(H,47,54)(H,48,55)(H2,49,50,56);4-17,21,26,29,31,37H,3,18-20,22-23H2,1-2H3,(H,38,42)(H,39,43)/t33-,34-,36+,37+,38+,40+,41+,46-;26-,29-,31+,36-/m11/s1. The molecule has 1 aromatic heterocycles. The number of ketones is 5. The number of fused-ring (bicyclic) bond motifs is 2. The van der Waals surface area contributed by atoms with Crippen molar-refractivity contribution in [3.05, 3.63) is 180 Å². The summed E-state index contributed by atoms with van der Waals surface area (Å²) in [5, 5.41) is 19.0. The Kier molecular flexibility index (Phi) is 28.6. The van der Waals surface area contributed by atoms with E-state index in [0.717, 1.165) is 57.3 Å². The lowest BCUT2D eigenvalue weighted by atomic mass is 9.87. The molecule has 0 bridgehead atoms. The van der Waals surface area contributed by atoms with Crippen LogP contribution in [0.5, 0.6) is 0 Å². The van der Waals surface area contributed by atoms with E-state index in [2.05, 4.69) is 36.9 Å². The van der Waals surface area contributed by atoms with Crippen LogP contribution < -0.4 is 31.9 Å². The van der Waals surface area contributed by atoms with E-state index in [1.165, 1.54) is 0 Å². The highest BCUT2D eigenvalue weighted by Gasteiger charge is 2.52. The Morgan fingerprint density at radius 3 is 1.66 bits per heavy atom. The highest BCUT2D eigenvalue weighted by atomic mass is 32.2. The van der Waals surface area contributed by atoms with Crippen molar-refractivity contribution in [2.45, 2.75) is 204 Å². The molecule has 5 heterocycles. The number of para-hydroxylation sites is 1. The van der Waals surface area contributed by atoms with Crippen molar-refractivity contribution in [3.8, 4) is 0 Å². The second kappa shape index (κ2) is 37.6. The quantitative estimate of drug-likeness (QED) is 0.0107. The van der Waals surface area contributed by atoms with Crippen molar-refractivity contribution < 1.29 is 62.2 Å². The molecule has 0 saturated carbocycles. The summed E-state index contributed by atoms with van der Waals surface area (Å²) >= 11 is 1.86. The number of unbranched alkanes of at least 4 members (excludes halogenated alkanes) is 1. The normalized spacial score (nSPS) is 20.6. The van der Waals surface area contributed by atoms with E-state index in [0.29, 0.717) is 69.8 Å². The van der Waals surface area contributed by atoms with Crippen LogP contribution >= 0.6 is 11.8 Å². The number of nitrogens with one attached hydrogen (secondary N) is 7. The predicted octanol–water partition coefficient (Wildman–Crippen LogP) is 11.2. The van der Waals surface area contributed by atoms with E-state index >= 15 is 0 Å². The summed E-state index contributed by atoms with van der Waals surface area (Å²) in [5.41, 5.74) is 3.63. The number of carbonyl (C=O) groups excluding carboxylic acids is 10. The molecule has 20 nitrogen and oxygen atoms in total. The number of thioether (sulfide) groups is 1. The van der Waals surface area contributed by atoms with Crippen molar-refractivity contribution in [1.29, 1.82) is 0 Å². The van der Waals surface area contributed by atoms with Gasteiger partial charge in [-0.2, -0.15) is 11.8 Å². The average molecular weight is 1430 g/mol. The van der Waals surface area contributed by atoms with Crippen LogP contribution in [0.1, 0.15) is 147 Å². The maximum Gasteiger partial charge on any atom is 0.408 e. The Morgan fingerprint density at radius 2 is 1.07 bits per heavy atom. The summed E-state index contributed by atoms with van der Waals surface area (Å²) in [6, 6.07) is 42.7. The minimum absolute atomic E-state index is 0.0169. The largest absolute Gasteiger partial charge is 0.445 e. The van der Waals surface area contributed by atoms with E-state index in [1.807, 2.05) is 191 Å². The fraction of sp³-hybridized carbons (Fsp3) is 0.488. The van der Waals surface area contributed by atoms with Crippen molar-refractivity contribution in [1.82, 2.24) is 36.9 Å². The van der Waals surface area contributed by atoms with Gasteiger partial charge in [-0.15, -0.1) is 0 Å². The van der Waals surface area contributed by atoms with Crippen LogP contribution in [0.2, 0.25) is 0 Å². The van der Waals surface area contributed by atoms with Gasteiger partial charge in [-0.25, -0.2) is 9.59 Å². The number of H-pyrrole nitrogens is 1. The molecule has 10 rings (SSSR count). The molecule has 5 aromatic carbocycles. The van der Waals surface area contributed by atoms with Gasteiger partial charge in [-0.05, 0) is 124 Å². The SMILES string of the molecule is CC(C)C[C@H](NC(=O)[C@H](CCc1ccccc1)CC(=O)CCCC[C@@H]1SC[C@@H]2NC(=O)N[C@@H]21)C(=O)C[C@@H](Cc1ccccc1)C(=O)N[C@@H](CC(C)C)C(=O)[C@@]1(C)CO1.CC[C@@H](NC(=O)OCc1ccccc1)C(=O)C[C@@H](Cc1c[nH]c2ccccc12)C(=O)N[C@@H](Cc1ccccc1)C(=O)[C@@]1(C)CO1. The lowest BCUT2D eigenvalue weighted by Gasteiger charge is -2.27. The Morgan fingerprint density at radius 1 is 0.563 bits per heavy atom. The third-order valence-electron chi connectivity index (χ3n) is 19.9. The topological polar surface area (TPSA) is 293 Å². The van der Waals surface area contributed by atoms with E-state index in [4.69, 9.17) is 14.2 Å². The van der Waals surface area contributed by atoms with Gasteiger partial charge in [0.1, 0.15) is 23.6 Å². The van der Waals surface area contributed by atoms with Gasteiger partial charge in [0.25, 0.3) is 0 Å². The number of Topliss-reactive ketones (excluding diaryl/α,β-unsaturated/α-hetero) is 5. The summed E-state index contributed by atoms with van der Waals surface area (Å²) in [6.45, 7) is 13.9. The van der Waals surface area contributed by atoms with Gasteiger partial charge in [0.05, 0.1) is 49.5 Å². The number of aromatic amines is 1. The number of epoxide rings is 2. The third-order valence-corrected chi connectivity index (χ3v) is 21.4. The Balaban J connectivity index is 0.000000247. The molecule has 4 aliphatic heterocycles. The second-order valence-electron chi connectivity index (χ2n) is 29.4. The van der Waals surface area contributed by atoms with Crippen LogP contribution in [0.25, 0.3) is 10.9 Å². The van der Waals surface area contributed by atoms with E-state index in [-0.39, 0.29) is 109 Å². The minimum Gasteiger partial charge on any atom is -0.445 e. The van der Waals surface area contributed by atoms with Crippen molar-refractivity contribution in [2.75, 3.05) is 19.0 Å². The van der Waals surface area contributed by atoms with Gasteiger partial charge in [0.2, 0.25) is 17.7 Å². The predicted molar refractivity (Wildman–Crippen MR) is 398 cm³/mol. The van der Waals surface area contributed by atoms with Crippen LogP contribution in [0.3, 0.4) is 0 Å². The first-order valence-corrected chi connectivity index (χ1v) is 37.7. The fourth-order valence-electron chi connectivity index (χ4n) is 13.7. The third kappa shape index (κ3) is 23.6. The second-order valence-corrected chi connectivity index (χ2v) is 30.7. The van der Waals surface area contributed by atoms with Gasteiger partial charge < -0.3 is 51.1 Å². The molecule has 6 aromatic rings. The number of benzene rings is 5. The van der Waals surface area contributed by atoms with Gasteiger partial charge in [-0.1, -0.05) is 181 Å². The first kappa shape index (κ1) is 78.3. The number of urea groups is 1. The van der Waals surface area contributed by atoms with E-state index in [9.17, 15) is 47.9 Å². The number of carbonyl (C=O) groups is 10. The molecule has 7 N–H and O–H groups in total. The maximum absolute atomic E-state index is 14.3. The molecular weight excluding hydrogens is 1320 g/mol. The van der Waals surface area contributed by atoms with Gasteiger partial charge in [0.15, 0.2) is 23.1 Å². The number of ether oxygens (including phenoxy) is 3. The van der Waals surface area contributed by atoms with E-state index < -0.39 is 65.1 Å². The molecule has 12 atom stereocenters. The molecule has 0 radical (unpaired) electrons. The summed E-state index contributed by atoms with van der Waals surface area (Å²) < 4.78 is 16.2. The number of alkyl carbamates (subject to hydrolysis) is 1. The van der Waals surface area contributed by atoms with Crippen LogP contribution in [-0.2, 0) is 84.9 Å². The number of amides is 6. The molecule has 21 heteroatoms. The number of aryl methyl sites for hydroxylation is 1. The summed E-state index contributed by atoms with van der Waals surface area (Å²) in [7, 11) is 0. The molecular formula is C82H103N7O13S. The molecule has 4 fully saturated rings. The summed E-state index contributed by atoms with van der Waals surface area (Å²) in [5.74, 6) is -3.12. The smallest absolute Gasteiger partial charge is 0.408 e. The molecule has 0 spiro atoms. The number of rotatable bonds is 40. The zero-order chi connectivity index (χ0) is 73.6. The molecule has 550 valence electrons. The lowest BCUT2D eigenvalue weighted by molar-refractivity contribution is -0.135. The summed E-state index contributed by atoms with van der Waals surface area (Å²) in [6.07, 6.45) is 6.84. The number of hydrogen-bond acceptors (Lipinski definition) is 14. The lowest BCUT2D eigenvalue weighted by Crippen LogP contribution is -2.50. The summed E-state index contributed by atoms with van der Waals surface area (Å²) in [4.78, 5) is 138. The average Bonchev–Trinajstić information content (AvgIpc) is 1.66. The molecule has 103 heavy (non-hydrogen) atoms. The van der Waals surface area contributed by atoms with Crippen molar-refractivity contribution >= 4 is 81.4 Å². The Bertz CT molecular complexity index is 3840. The monoisotopic (exact) mass is 1430 g/mol. The molecule has 4 aliphatic rings. The van der Waals surface area contributed by atoms with Crippen molar-refractivity contribution in [2.24, 2.45) is 29.6 Å². The highest BCUT2D eigenvalue weighted by Crippen LogP contribution is 2.35. The zero-order valence-electron chi connectivity index (χ0n) is 60.5. The molecule has 0 aliphatic carbocycles. The first-order chi connectivity index (χ1) is 49.5. The molecule has 0 unspecified atom stereocenters. The molecule has 4 saturated heterocycles. The first-order valence-electron chi connectivity index (χ1n) is 36.6. The van der Waals surface area contributed by atoms with Crippen LogP contribution in [0.4, 0.5) is 9.59 Å². The van der Waals surface area contributed by atoms with Gasteiger partial charge in [-0.3, -0.25) is 38.4 Å². The minimum atomic E-state index is -0.938. The van der Waals surface area contributed by atoms with Crippen LogP contribution in [0.15, 0.2) is 152 Å². The number of hydrogen-bond donors (Lipinski definition) is 7. The Hall–Kier alpha value is -8.79. The van der Waals surface area contributed by atoms with Gasteiger partial charge in [0, 0.05) is 71.5 Å².